The molecule has 2 aromatic rings. The Balaban J connectivity index is 1.54. The minimum absolute atomic E-state index is 0.819. The topological polar surface area (TPSA) is 49.6 Å². The van der Waals surface area contributed by atoms with Crippen molar-refractivity contribution in [1.82, 2.24) is 24.7 Å². The Morgan fingerprint density at radius 3 is 2.48 bits per heavy atom. The van der Waals surface area contributed by atoms with Crippen LogP contribution in [0.5, 0.6) is 0 Å². The third-order valence-corrected chi connectivity index (χ3v) is 5.62. The minimum Gasteiger partial charge on any atom is -0.366 e. The molecule has 0 bridgehead atoms. The van der Waals surface area contributed by atoms with Crippen molar-refractivity contribution in [3.05, 3.63) is 17.6 Å². The van der Waals surface area contributed by atoms with Crippen molar-refractivity contribution in [2.24, 2.45) is 0 Å². The molecule has 0 unspecified atom stereocenters. The lowest BCUT2D eigenvalue weighted by Gasteiger charge is -2.41. The lowest BCUT2D eigenvalue weighted by Crippen LogP contribution is -2.51. The molecule has 6 heteroatoms. The third-order valence-electron chi connectivity index (χ3n) is 5.62. The van der Waals surface area contributed by atoms with Crippen molar-refractivity contribution in [2.45, 2.75) is 52.0 Å². The van der Waals surface area contributed by atoms with E-state index < -0.39 is 0 Å². The van der Waals surface area contributed by atoms with Crippen LogP contribution in [0, 0.1) is 13.8 Å². The van der Waals surface area contributed by atoms with Crippen LogP contribution in [-0.4, -0.2) is 56.9 Å². The van der Waals surface area contributed by atoms with E-state index >= 15 is 0 Å². The molecule has 0 radical (unpaired) electrons. The zero-order valence-electron chi connectivity index (χ0n) is 14.2. The second-order valence-corrected chi connectivity index (χ2v) is 6.97. The summed E-state index contributed by atoms with van der Waals surface area (Å²) in [5, 5.41) is 12.9. The van der Waals surface area contributed by atoms with E-state index in [9.17, 15) is 0 Å². The van der Waals surface area contributed by atoms with E-state index in [1.807, 2.05) is 4.52 Å². The standard InChI is InChI=1S/C17H26N6/c1-13-14(2)20-23-12-18-19-17(23)16(13)22-10-8-21(9-11-22)15-6-4-3-5-7-15/h12,15H,3-11H2,1-2H3. The molecule has 1 saturated heterocycles. The fourth-order valence-corrected chi connectivity index (χ4v) is 4.17. The number of rotatable bonds is 2. The molecule has 1 saturated carbocycles. The second-order valence-electron chi connectivity index (χ2n) is 6.97. The van der Waals surface area contributed by atoms with Crippen LogP contribution in [0.4, 0.5) is 5.69 Å². The minimum atomic E-state index is 0.819. The molecule has 0 aromatic carbocycles. The van der Waals surface area contributed by atoms with E-state index in [0.29, 0.717) is 0 Å². The Kier molecular flexibility index (Phi) is 3.93. The lowest BCUT2D eigenvalue weighted by molar-refractivity contribution is 0.148. The van der Waals surface area contributed by atoms with Gasteiger partial charge in [0.25, 0.3) is 0 Å². The third kappa shape index (κ3) is 2.69. The number of nitrogens with zero attached hydrogens (tertiary/aromatic N) is 6. The maximum Gasteiger partial charge on any atom is 0.201 e. The van der Waals surface area contributed by atoms with Crippen LogP contribution >= 0.6 is 0 Å². The molecule has 0 N–H and O–H groups in total. The Hall–Kier alpha value is -1.69. The molecule has 6 nitrogen and oxygen atoms in total. The highest BCUT2D eigenvalue weighted by molar-refractivity contribution is 5.72. The van der Waals surface area contributed by atoms with Gasteiger partial charge in [-0.2, -0.15) is 9.61 Å². The zero-order valence-corrected chi connectivity index (χ0v) is 14.2. The molecule has 0 amide bonds. The predicted molar refractivity (Wildman–Crippen MR) is 90.9 cm³/mol. The van der Waals surface area contributed by atoms with E-state index in [1.54, 1.807) is 6.33 Å². The molecule has 3 heterocycles. The highest BCUT2D eigenvalue weighted by Gasteiger charge is 2.27. The number of piperazine rings is 1. The first kappa shape index (κ1) is 14.9. The van der Waals surface area contributed by atoms with Gasteiger partial charge >= 0.3 is 0 Å². The fourth-order valence-electron chi connectivity index (χ4n) is 4.17. The SMILES string of the molecule is Cc1nn2cnnc2c(N2CCN(C3CCCCC3)CC2)c1C. The zero-order chi connectivity index (χ0) is 15.8. The Morgan fingerprint density at radius 1 is 1.00 bits per heavy atom. The number of aryl methyl sites for hydroxylation is 1. The molecule has 124 valence electrons. The number of hydrogen-bond donors (Lipinski definition) is 0. The first-order valence-electron chi connectivity index (χ1n) is 8.90. The summed E-state index contributed by atoms with van der Waals surface area (Å²) < 4.78 is 1.81. The van der Waals surface area contributed by atoms with Gasteiger partial charge in [-0.05, 0) is 32.3 Å². The summed E-state index contributed by atoms with van der Waals surface area (Å²) in [4.78, 5) is 5.19. The average molecular weight is 314 g/mol. The van der Waals surface area contributed by atoms with E-state index in [1.165, 1.54) is 43.4 Å². The van der Waals surface area contributed by atoms with E-state index in [4.69, 9.17) is 0 Å². The first-order valence-corrected chi connectivity index (χ1v) is 8.90. The molecule has 2 aliphatic rings. The number of fused-ring (bicyclic) bond motifs is 1. The van der Waals surface area contributed by atoms with Gasteiger partial charge < -0.3 is 4.90 Å². The van der Waals surface area contributed by atoms with Crippen molar-refractivity contribution in [3.8, 4) is 0 Å². The lowest BCUT2D eigenvalue weighted by atomic mass is 9.94. The van der Waals surface area contributed by atoms with Gasteiger partial charge in [0.2, 0.25) is 5.65 Å². The highest BCUT2D eigenvalue weighted by Crippen LogP contribution is 2.29. The highest BCUT2D eigenvalue weighted by atomic mass is 15.4. The van der Waals surface area contributed by atoms with Gasteiger partial charge in [-0.1, -0.05) is 19.3 Å². The first-order chi connectivity index (χ1) is 11.2. The van der Waals surface area contributed by atoms with Crippen molar-refractivity contribution in [3.63, 3.8) is 0 Å². The van der Waals surface area contributed by atoms with E-state index in [-0.39, 0.29) is 0 Å². The van der Waals surface area contributed by atoms with Crippen molar-refractivity contribution >= 4 is 11.3 Å². The largest absolute Gasteiger partial charge is 0.366 e. The van der Waals surface area contributed by atoms with Gasteiger partial charge in [0.05, 0.1) is 11.4 Å². The van der Waals surface area contributed by atoms with Gasteiger partial charge in [-0.25, -0.2) is 0 Å². The molecule has 0 atom stereocenters. The molecular formula is C17H26N6. The van der Waals surface area contributed by atoms with E-state index in [0.717, 1.165) is 43.6 Å². The molecule has 23 heavy (non-hydrogen) atoms. The summed E-state index contributed by atoms with van der Waals surface area (Å²) in [7, 11) is 0. The molecule has 1 aliphatic heterocycles. The fraction of sp³-hybridized carbons (Fsp3) is 0.706. The normalized spacial score (nSPS) is 21.2. The van der Waals surface area contributed by atoms with Crippen LogP contribution in [0.15, 0.2) is 6.33 Å². The van der Waals surface area contributed by atoms with Gasteiger partial charge in [0.1, 0.15) is 6.33 Å². The second kappa shape index (κ2) is 6.07. The Bertz CT molecular complexity index is 680. The van der Waals surface area contributed by atoms with Crippen LogP contribution in [-0.2, 0) is 0 Å². The van der Waals surface area contributed by atoms with Crippen LogP contribution in [0.25, 0.3) is 5.65 Å². The molecule has 0 spiro atoms. The Labute approximate surface area is 137 Å². The summed E-state index contributed by atoms with van der Waals surface area (Å²) in [6.45, 7) is 8.68. The van der Waals surface area contributed by atoms with Crippen molar-refractivity contribution < 1.29 is 0 Å². The Morgan fingerprint density at radius 2 is 1.74 bits per heavy atom. The van der Waals surface area contributed by atoms with Gasteiger partial charge in [-0.15, -0.1) is 10.2 Å². The summed E-state index contributed by atoms with van der Waals surface area (Å²) in [5.74, 6) is 0. The summed E-state index contributed by atoms with van der Waals surface area (Å²) in [6, 6.07) is 0.819. The molecule has 1 aliphatic carbocycles. The van der Waals surface area contributed by atoms with Gasteiger partial charge in [-0.3, -0.25) is 4.90 Å². The summed E-state index contributed by atoms with van der Waals surface area (Å²) in [5.41, 5.74) is 4.40. The molecule has 2 aromatic heterocycles. The number of anilines is 1. The van der Waals surface area contributed by atoms with Crippen LogP contribution in [0.2, 0.25) is 0 Å². The van der Waals surface area contributed by atoms with Crippen molar-refractivity contribution in [2.75, 3.05) is 31.1 Å². The summed E-state index contributed by atoms with van der Waals surface area (Å²) in [6.07, 6.45) is 8.73. The molecule has 2 fully saturated rings. The number of aromatic nitrogens is 4. The maximum absolute atomic E-state index is 4.53. The van der Waals surface area contributed by atoms with Crippen molar-refractivity contribution in [1.29, 1.82) is 0 Å². The van der Waals surface area contributed by atoms with E-state index in [2.05, 4.69) is 38.9 Å². The monoisotopic (exact) mass is 314 g/mol. The quantitative estimate of drug-likeness (QED) is 0.850. The van der Waals surface area contributed by atoms with Crippen LogP contribution < -0.4 is 4.90 Å². The predicted octanol–water partition coefficient (Wildman–Crippen LogP) is 2.20. The van der Waals surface area contributed by atoms with Crippen LogP contribution in [0.1, 0.15) is 43.4 Å². The van der Waals surface area contributed by atoms with Crippen LogP contribution in [0.3, 0.4) is 0 Å². The number of hydrogen-bond acceptors (Lipinski definition) is 5. The molecule has 4 rings (SSSR count). The molecular weight excluding hydrogens is 288 g/mol. The smallest absolute Gasteiger partial charge is 0.201 e. The maximum atomic E-state index is 4.53. The average Bonchev–Trinajstić information content (AvgIpc) is 3.05. The van der Waals surface area contributed by atoms with Gasteiger partial charge in [0, 0.05) is 32.2 Å². The van der Waals surface area contributed by atoms with Gasteiger partial charge in [0.15, 0.2) is 0 Å². The summed E-state index contributed by atoms with van der Waals surface area (Å²) >= 11 is 0.